The van der Waals surface area contributed by atoms with E-state index in [1.54, 1.807) is 6.07 Å². The van der Waals surface area contributed by atoms with Gasteiger partial charge in [-0.05, 0) is 64.9 Å². The Morgan fingerprint density at radius 3 is 1.88 bits per heavy atom. The number of rotatable bonds is 9. The van der Waals surface area contributed by atoms with E-state index in [4.69, 9.17) is 9.90 Å². The molecule has 0 aliphatic rings. The molecule has 3 aromatic heterocycles. The third-order valence-electron chi connectivity index (χ3n) is 10.9. The average molecular weight is 1020 g/mol. The SMILES string of the molecule is [2H]C(CC)(CC)c1ccnc(-c2[c-]cc3oc4cc(-c5ccccc5)cc(-c5ccccc5)c4c3c2)c1.[2H]C([2H])([2H])c1c[c-]c(-c2cc[c]([Ge]([CH3])([CH3])[CH3])cn2)cc1-c1ccccc1.[Ir]. The topological polar surface area (TPSA) is 38.9 Å². The summed E-state index contributed by atoms with van der Waals surface area (Å²) >= 11 is -1.91. The van der Waals surface area contributed by atoms with E-state index < -0.39 is 26.0 Å². The molecular weight excluding hydrogens is 969 g/mol. The molecule has 0 atom stereocenters. The van der Waals surface area contributed by atoms with E-state index in [2.05, 4.69) is 126 Å². The number of pyridine rings is 2. The van der Waals surface area contributed by atoms with Gasteiger partial charge in [-0.2, -0.15) is 0 Å². The van der Waals surface area contributed by atoms with Crippen molar-refractivity contribution in [1.29, 1.82) is 0 Å². The molecule has 0 spiro atoms. The van der Waals surface area contributed by atoms with Gasteiger partial charge in [-0.25, -0.2) is 0 Å². The first-order valence-electron chi connectivity index (χ1n) is 22.3. The quantitative estimate of drug-likeness (QED) is 0.107. The van der Waals surface area contributed by atoms with Crippen LogP contribution in [0.15, 0.2) is 168 Å². The van der Waals surface area contributed by atoms with Gasteiger partial charge in [0.2, 0.25) is 0 Å². The van der Waals surface area contributed by atoms with Gasteiger partial charge in [0, 0.05) is 33.1 Å². The first kappa shape index (κ1) is 37.6. The molecule has 9 aromatic rings. The van der Waals surface area contributed by atoms with Crippen LogP contribution in [-0.2, 0) is 20.1 Å². The molecule has 0 N–H and O–H groups in total. The summed E-state index contributed by atoms with van der Waals surface area (Å²) in [7, 11) is 0. The summed E-state index contributed by atoms with van der Waals surface area (Å²) in [6.45, 7) is 1.96. The fourth-order valence-electron chi connectivity index (χ4n) is 7.59. The van der Waals surface area contributed by atoms with Gasteiger partial charge in [0.15, 0.2) is 0 Å². The smallest absolute Gasteiger partial charge is 0 e. The molecule has 0 saturated heterocycles. The first-order chi connectivity index (χ1) is 30.3. The summed E-state index contributed by atoms with van der Waals surface area (Å²) in [5, 5.41) is 2.13. The van der Waals surface area contributed by atoms with Crippen molar-refractivity contribution in [2.75, 3.05) is 0 Å². The minimum atomic E-state index is -2.18. The summed E-state index contributed by atoms with van der Waals surface area (Å²) in [5.74, 6) is 6.39. The van der Waals surface area contributed by atoms with E-state index in [9.17, 15) is 0 Å². The zero-order valence-corrected chi connectivity index (χ0v) is 39.1. The maximum atomic E-state index is 8.89. The number of nitrogens with zero attached hydrogens (tertiary/aromatic N) is 2. The minimum absolute atomic E-state index is 0. The average Bonchev–Trinajstić information content (AvgIpc) is 3.69. The molecule has 6 aromatic carbocycles. The minimum Gasteiger partial charge on any atom is 0 e. The monoisotopic (exact) mass is 1030 g/mol. The summed E-state index contributed by atoms with van der Waals surface area (Å²) in [5.41, 5.74) is 12.5. The van der Waals surface area contributed by atoms with E-state index in [0.717, 1.165) is 90.7 Å². The van der Waals surface area contributed by atoms with Crippen LogP contribution in [0.2, 0.25) is 17.3 Å². The Hall–Kier alpha value is -5.39. The van der Waals surface area contributed by atoms with E-state index in [-0.39, 0.29) is 20.1 Å². The van der Waals surface area contributed by atoms with Crippen LogP contribution < -0.4 is 4.40 Å². The van der Waals surface area contributed by atoms with Crippen molar-refractivity contribution >= 4 is 39.6 Å². The fourth-order valence-corrected chi connectivity index (χ4v) is 9.76. The van der Waals surface area contributed by atoms with Crippen molar-refractivity contribution in [2.45, 2.75) is 56.7 Å². The zero-order valence-electron chi connectivity index (χ0n) is 38.6. The Bertz CT molecular complexity index is 3000. The normalized spacial score (nSPS) is 12.7. The molecule has 3 nitrogen and oxygen atoms in total. The van der Waals surface area contributed by atoms with Crippen molar-refractivity contribution in [1.82, 2.24) is 9.97 Å². The van der Waals surface area contributed by atoms with Gasteiger partial charge in [-0.3, -0.25) is 0 Å². The van der Waals surface area contributed by atoms with E-state index in [1.165, 1.54) is 4.40 Å². The summed E-state index contributed by atoms with van der Waals surface area (Å²) < 4.78 is 40.2. The molecule has 0 fully saturated rings. The molecule has 0 aliphatic heterocycles. The largest absolute Gasteiger partial charge is 0 e. The molecule has 301 valence electrons. The number of hydrogen-bond donors (Lipinski definition) is 0. The number of furan rings is 1. The maximum Gasteiger partial charge on any atom is 0 e. The molecule has 0 saturated carbocycles. The second-order valence-electron chi connectivity index (χ2n) is 15.8. The van der Waals surface area contributed by atoms with E-state index in [1.807, 2.05) is 85.2 Å². The molecule has 0 bridgehead atoms. The predicted octanol–water partition coefficient (Wildman–Crippen LogP) is 14.8. The summed E-state index contributed by atoms with van der Waals surface area (Å²) in [4.78, 5) is 9.27. The van der Waals surface area contributed by atoms with E-state index in [0.29, 0.717) is 11.1 Å². The summed E-state index contributed by atoms with van der Waals surface area (Å²) in [6.07, 6.45) is 5.29. The molecular formula is C55H50GeIrN2O-2. The van der Waals surface area contributed by atoms with Crippen LogP contribution in [-0.4, -0.2) is 23.2 Å². The van der Waals surface area contributed by atoms with Gasteiger partial charge in [-0.15, -0.1) is 23.8 Å². The van der Waals surface area contributed by atoms with Crippen molar-refractivity contribution in [2.24, 2.45) is 0 Å². The van der Waals surface area contributed by atoms with Crippen LogP contribution in [0.4, 0.5) is 0 Å². The van der Waals surface area contributed by atoms with Gasteiger partial charge in [0.1, 0.15) is 5.58 Å². The molecule has 9 rings (SSSR count). The number of fused-ring (bicyclic) bond motifs is 3. The van der Waals surface area contributed by atoms with Crippen LogP contribution in [0.5, 0.6) is 0 Å². The third kappa shape index (κ3) is 9.32. The van der Waals surface area contributed by atoms with Crippen LogP contribution in [0.1, 0.15) is 49.2 Å². The second-order valence-corrected chi connectivity index (χ2v) is 26.5. The van der Waals surface area contributed by atoms with Crippen LogP contribution in [0, 0.1) is 19.0 Å². The second kappa shape index (κ2) is 18.9. The molecule has 0 amide bonds. The Kier molecular flexibility index (Phi) is 11.8. The first-order valence-corrected chi connectivity index (χ1v) is 27.7. The van der Waals surface area contributed by atoms with Gasteiger partial charge in [-0.1, -0.05) is 91.5 Å². The maximum absolute atomic E-state index is 8.89. The fraction of sp³-hybridized carbons (Fsp3) is 0.164. The molecule has 1 radical (unpaired) electrons. The van der Waals surface area contributed by atoms with E-state index >= 15 is 0 Å². The van der Waals surface area contributed by atoms with Crippen LogP contribution in [0.3, 0.4) is 0 Å². The Balaban J connectivity index is 0.000000201. The number of aromatic nitrogens is 2. The van der Waals surface area contributed by atoms with Gasteiger partial charge in [0.25, 0.3) is 0 Å². The molecule has 5 heteroatoms. The van der Waals surface area contributed by atoms with Crippen LogP contribution >= 0.6 is 0 Å². The Morgan fingerprint density at radius 1 is 0.633 bits per heavy atom. The molecule has 3 heterocycles. The summed E-state index contributed by atoms with van der Waals surface area (Å²) in [6, 6.07) is 57.1. The zero-order chi connectivity index (χ0) is 44.4. The molecule has 60 heavy (non-hydrogen) atoms. The van der Waals surface area contributed by atoms with Gasteiger partial charge in [0.05, 0.1) is 5.58 Å². The van der Waals surface area contributed by atoms with Crippen molar-refractivity contribution in [3.05, 3.63) is 187 Å². The van der Waals surface area contributed by atoms with Crippen molar-refractivity contribution in [3.63, 3.8) is 0 Å². The third-order valence-corrected chi connectivity index (χ3v) is 15.2. The van der Waals surface area contributed by atoms with Crippen molar-refractivity contribution in [3.8, 4) is 55.9 Å². The Labute approximate surface area is 377 Å². The van der Waals surface area contributed by atoms with Gasteiger partial charge < -0.3 is 9.40 Å². The number of aryl methyl sites for hydroxylation is 1. The number of benzene rings is 6. The predicted molar refractivity (Wildman–Crippen MR) is 252 cm³/mol. The van der Waals surface area contributed by atoms with Crippen molar-refractivity contribution < 1.29 is 30.0 Å². The molecule has 0 aliphatic carbocycles. The van der Waals surface area contributed by atoms with Gasteiger partial charge >= 0.3 is 146 Å². The Morgan fingerprint density at radius 2 is 1.27 bits per heavy atom. The number of hydrogen-bond acceptors (Lipinski definition) is 3. The van der Waals surface area contributed by atoms with Crippen LogP contribution in [0.25, 0.3) is 77.8 Å². The standard InChI is InChI=1S/C34H28NO.C21H22GeN.Ir/c1-3-23(4-2)26-17-18-35-31(21-26)27-15-16-32-30(19-27)34-29(25-13-9-6-10-14-25)20-28(22-33(34)36-32)24-11-7-5-8-12-24;1-16-10-11-18(14-20(16)17-8-6-5-7-9-17)21-13-12-19(15-23-21)22(2,3)4;/h5-14,16-23H,3-4H2,1-2H3;5-10,12-15H,1-4H3;/q2*-1;/i23D;1D3;. The molecule has 0 unspecified atom stereocenters.